The van der Waals surface area contributed by atoms with E-state index in [1.54, 1.807) is 7.05 Å². The lowest BCUT2D eigenvalue weighted by Gasteiger charge is -2.20. The lowest BCUT2D eigenvalue weighted by atomic mass is 10.2. The molecule has 0 spiro atoms. The van der Waals surface area contributed by atoms with Gasteiger partial charge < -0.3 is 20.4 Å². The Morgan fingerprint density at radius 2 is 2.06 bits per heavy atom. The van der Waals surface area contributed by atoms with E-state index in [2.05, 4.69) is 5.32 Å². The number of aliphatic hydroxyl groups is 1. The molecule has 1 unspecified atom stereocenters. The van der Waals surface area contributed by atoms with Gasteiger partial charge in [-0.1, -0.05) is 13.3 Å². The summed E-state index contributed by atoms with van der Waals surface area (Å²) in [5, 5.41) is 19.8. The minimum atomic E-state index is -1.13. The van der Waals surface area contributed by atoms with Crippen molar-refractivity contribution >= 4 is 12.0 Å². The number of aliphatic carboxylic acids is 1. The van der Waals surface area contributed by atoms with Gasteiger partial charge in [0.2, 0.25) is 0 Å². The van der Waals surface area contributed by atoms with Gasteiger partial charge in [0.1, 0.15) is 6.04 Å². The number of amides is 2. The number of nitrogens with zero attached hydrogens (tertiary/aromatic N) is 1. The summed E-state index contributed by atoms with van der Waals surface area (Å²) in [7, 11) is 1.61. The van der Waals surface area contributed by atoms with Crippen LogP contribution in [0.5, 0.6) is 0 Å². The van der Waals surface area contributed by atoms with Crippen LogP contribution >= 0.6 is 0 Å². The number of urea groups is 1. The van der Waals surface area contributed by atoms with Gasteiger partial charge in [-0.15, -0.1) is 0 Å². The average Bonchev–Trinajstić information content (AvgIpc) is 2.24. The number of carboxylic acids is 1. The summed E-state index contributed by atoms with van der Waals surface area (Å²) < 4.78 is 0. The Morgan fingerprint density at radius 3 is 2.50 bits per heavy atom. The third-order valence-electron chi connectivity index (χ3n) is 2.21. The van der Waals surface area contributed by atoms with Gasteiger partial charge in [0.05, 0.1) is 0 Å². The normalized spacial score (nSPS) is 11.9. The van der Waals surface area contributed by atoms with E-state index in [0.29, 0.717) is 6.54 Å². The molecule has 0 aliphatic rings. The second-order valence-corrected chi connectivity index (χ2v) is 3.63. The molecule has 6 nitrogen and oxygen atoms in total. The van der Waals surface area contributed by atoms with Gasteiger partial charge in [-0.3, -0.25) is 0 Å². The van der Waals surface area contributed by atoms with Crippen LogP contribution in [0.3, 0.4) is 0 Å². The highest BCUT2D eigenvalue weighted by molar-refractivity contribution is 5.82. The molecule has 16 heavy (non-hydrogen) atoms. The SMILES string of the molecule is CCCCN(C)C(=O)NC(CCO)C(=O)O. The maximum Gasteiger partial charge on any atom is 0.326 e. The van der Waals surface area contributed by atoms with Crippen molar-refractivity contribution in [1.82, 2.24) is 10.2 Å². The number of carbonyl (C=O) groups excluding carboxylic acids is 1. The first-order valence-electron chi connectivity index (χ1n) is 5.38. The Morgan fingerprint density at radius 1 is 1.44 bits per heavy atom. The van der Waals surface area contributed by atoms with Crippen LogP contribution in [-0.4, -0.2) is 53.4 Å². The van der Waals surface area contributed by atoms with Gasteiger partial charge in [0.15, 0.2) is 0 Å². The van der Waals surface area contributed by atoms with Crippen LogP contribution in [0.25, 0.3) is 0 Å². The van der Waals surface area contributed by atoms with Gasteiger partial charge >= 0.3 is 12.0 Å². The molecule has 0 aromatic heterocycles. The molecular weight excluding hydrogens is 212 g/mol. The molecule has 94 valence electrons. The highest BCUT2D eigenvalue weighted by atomic mass is 16.4. The predicted molar refractivity (Wildman–Crippen MR) is 59.2 cm³/mol. The molecule has 1 atom stereocenters. The minimum Gasteiger partial charge on any atom is -0.480 e. The summed E-state index contributed by atoms with van der Waals surface area (Å²) in [6.45, 7) is 2.33. The monoisotopic (exact) mass is 232 g/mol. The van der Waals surface area contributed by atoms with E-state index in [4.69, 9.17) is 10.2 Å². The molecule has 0 heterocycles. The Bertz CT molecular complexity index is 233. The standard InChI is InChI=1S/C10H20N2O4/c1-3-4-6-12(2)10(16)11-8(5-7-13)9(14)15/h8,13H,3-7H2,1-2H3,(H,11,16)(H,14,15). The number of carbonyl (C=O) groups is 2. The molecule has 0 fully saturated rings. The maximum atomic E-state index is 11.5. The number of aliphatic hydroxyl groups excluding tert-OH is 1. The van der Waals surface area contributed by atoms with Crippen molar-refractivity contribution < 1.29 is 19.8 Å². The second kappa shape index (κ2) is 7.92. The second-order valence-electron chi connectivity index (χ2n) is 3.63. The van der Waals surface area contributed by atoms with Gasteiger partial charge in [-0.2, -0.15) is 0 Å². The fourth-order valence-corrected chi connectivity index (χ4v) is 1.14. The first-order chi connectivity index (χ1) is 7.52. The maximum absolute atomic E-state index is 11.5. The van der Waals surface area contributed by atoms with Crippen LogP contribution in [0.4, 0.5) is 4.79 Å². The molecule has 0 aliphatic heterocycles. The molecular formula is C10H20N2O4. The van der Waals surface area contributed by atoms with Crippen molar-refractivity contribution in [1.29, 1.82) is 0 Å². The molecule has 0 aliphatic carbocycles. The van der Waals surface area contributed by atoms with E-state index in [1.165, 1.54) is 4.90 Å². The molecule has 0 saturated heterocycles. The van der Waals surface area contributed by atoms with Crippen LogP contribution in [0.1, 0.15) is 26.2 Å². The fourth-order valence-electron chi connectivity index (χ4n) is 1.14. The topological polar surface area (TPSA) is 89.9 Å². The third kappa shape index (κ3) is 5.55. The summed E-state index contributed by atoms with van der Waals surface area (Å²) in [4.78, 5) is 23.7. The highest BCUT2D eigenvalue weighted by Gasteiger charge is 2.20. The number of unbranched alkanes of at least 4 members (excludes halogenated alkanes) is 1. The molecule has 6 heteroatoms. The molecule has 0 saturated carbocycles. The molecule has 0 bridgehead atoms. The van der Waals surface area contributed by atoms with Crippen molar-refractivity contribution in [2.24, 2.45) is 0 Å². The average molecular weight is 232 g/mol. The molecule has 2 amide bonds. The first-order valence-corrected chi connectivity index (χ1v) is 5.38. The number of carboxylic acid groups (broad SMARTS) is 1. The highest BCUT2D eigenvalue weighted by Crippen LogP contribution is 1.96. The molecule has 3 N–H and O–H groups in total. The minimum absolute atomic E-state index is 0.0166. The zero-order valence-electron chi connectivity index (χ0n) is 9.77. The zero-order chi connectivity index (χ0) is 12.6. The zero-order valence-corrected chi connectivity index (χ0v) is 9.77. The van der Waals surface area contributed by atoms with Gasteiger partial charge in [-0.05, 0) is 6.42 Å². The third-order valence-corrected chi connectivity index (χ3v) is 2.21. The van der Waals surface area contributed by atoms with Crippen molar-refractivity contribution in [3.63, 3.8) is 0 Å². The Kier molecular flexibility index (Phi) is 7.28. The van der Waals surface area contributed by atoms with Gasteiger partial charge in [0.25, 0.3) is 0 Å². The van der Waals surface area contributed by atoms with E-state index in [0.717, 1.165) is 12.8 Å². The van der Waals surface area contributed by atoms with Crippen molar-refractivity contribution in [3.8, 4) is 0 Å². The van der Waals surface area contributed by atoms with E-state index in [9.17, 15) is 9.59 Å². The molecule has 0 rings (SSSR count). The molecule has 0 aromatic carbocycles. The van der Waals surface area contributed by atoms with Crippen LogP contribution in [0.15, 0.2) is 0 Å². The van der Waals surface area contributed by atoms with E-state index >= 15 is 0 Å². The smallest absolute Gasteiger partial charge is 0.326 e. The van der Waals surface area contributed by atoms with Crippen LogP contribution in [0, 0.1) is 0 Å². The fraction of sp³-hybridized carbons (Fsp3) is 0.800. The summed E-state index contributed by atoms with van der Waals surface area (Å²) in [5.74, 6) is -1.13. The molecule has 0 radical (unpaired) electrons. The number of hydrogen-bond acceptors (Lipinski definition) is 3. The summed E-state index contributed by atoms with van der Waals surface area (Å²) in [6, 6.07) is -1.45. The first kappa shape index (κ1) is 14.7. The van der Waals surface area contributed by atoms with Crippen LogP contribution in [-0.2, 0) is 4.79 Å². The van der Waals surface area contributed by atoms with E-state index < -0.39 is 18.0 Å². The quantitative estimate of drug-likeness (QED) is 0.587. The largest absolute Gasteiger partial charge is 0.480 e. The van der Waals surface area contributed by atoms with Crippen LogP contribution < -0.4 is 5.32 Å². The van der Waals surface area contributed by atoms with Crippen molar-refractivity contribution in [3.05, 3.63) is 0 Å². The lowest BCUT2D eigenvalue weighted by molar-refractivity contribution is -0.139. The van der Waals surface area contributed by atoms with Crippen LogP contribution in [0.2, 0.25) is 0 Å². The number of nitrogens with one attached hydrogen (secondary N) is 1. The Labute approximate surface area is 95.2 Å². The summed E-state index contributed by atoms with van der Waals surface area (Å²) in [5.41, 5.74) is 0. The summed E-state index contributed by atoms with van der Waals surface area (Å²) in [6.07, 6.45) is 1.86. The Balaban J connectivity index is 4.12. The predicted octanol–water partition coefficient (Wildman–Crippen LogP) is 0.263. The lowest BCUT2D eigenvalue weighted by Crippen LogP contribution is -2.47. The van der Waals surface area contributed by atoms with Crippen molar-refractivity contribution in [2.45, 2.75) is 32.2 Å². The number of hydrogen-bond donors (Lipinski definition) is 3. The number of rotatable bonds is 7. The van der Waals surface area contributed by atoms with Gasteiger partial charge in [-0.25, -0.2) is 9.59 Å². The van der Waals surface area contributed by atoms with E-state index in [-0.39, 0.29) is 13.0 Å². The molecule has 0 aromatic rings. The Hall–Kier alpha value is -1.30. The van der Waals surface area contributed by atoms with Crippen molar-refractivity contribution in [2.75, 3.05) is 20.2 Å². The van der Waals surface area contributed by atoms with Gasteiger partial charge in [0, 0.05) is 26.6 Å². The summed E-state index contributed by atoms with van der Waals surface area (Å²) >= 11 is 0. The van der Waals surface area contributed by atoms with E-state index in [1.807, 2.05) is 6.92 Å².